The second-order valence-electron chi connectivity index (χ2n) is 5.87. The highest BCUT2D eigenvalue weighted by Crippen LogP contribution is 2.18. The lowest BCUT2D eigenvalue weighted by Crippen LogP contribution is -1.97. The smallest absolute Gasteiger partial charge is 0.119 e. The zero-order chi connectivity index (χ0) is 16.3. The predicted octanol–water partition coefficient (Wildman–Crippen LogP) is 5.64. The number of hydrogen-bond donors (Lipinski definition) is 0. The maximum Gasteiger partial charge on any atom is 0.119 e. The fourth-order valence-corrected chi connectivity index (χ4v) is 2.31. The molecular weight excluding hydrogens is 284 g/mol. The molecule has 0 atom stereocenters. The average Bonchev–Trinajstić information content (AvgIpc) is 2.58. The van der Waals surface area contributed by atoms with Gasteiger partial charge in [0.2, 0.25) is 0 Å². The quantitative estimate of drug-likeness (QED) is 0.529. The first-order valence-corrected chi connectivity index (χ1v) is 8.75. The van der Waals surface area contributed by atoms with E-state index in [2.05, 4.69) is 62.4 Å². The Labute approximate surface area is 140 Å². The van der Waals surface area contributed by atoms with Crippen LogP contribution in [-0.2, 0) is 6.42 Å². The van der Waals surface area contributed by atoms with Crippen LogP contribution < -0.4 is 9.47 Å². The van der Waals surface area contributed by atoms with Crippen LogP contribution in [-0.4, -0.2) is 13.2 Å². The first-order chi connectivity index (χ1) is 11.3. The standard InChI is InChI=1S/C21H28O2/c1-3-5-15-22-20-11-7-18(8-12-20)17-19-9-13-21(14-10-19)23-16-6-4-2/h7-14H,3-6,15-17H2,1-2H3. The van der Waals surface area contributed by atoms with Gasteiger partial charge in [0, 0.05) is 0 Å². The number of benzene rings is 2. The Bertz CT molecular complexity index is 492. The first-order valence-electron chi connectivity index (χ1n) is 8.75. The van der Waals surface area contributed by atoms with E-state index >= 15 is 0 Å². The molecule has 2 nitrogen and oxygen atoms in total. The molecule has 2 aromatic carbocycles. The molecule has 0 bridgehead atoms. The summed E-state index contributed by atoms with van der Waals surface area (Å²) in [4.78, 5) is 0. The fraction of sp³-hybridized carbons (Fsp3) is 0.429. The van der Waals surface area contributed by atoms with Crippen LogP contribution in [0.15, 0.2) is 48.5 Å². The summed E-state index contributed by atoms with van der Waals surface area (Å²) in [6.45, 7) is 5.95. The molecule has 0 aliphatic rings. The van der Waals surface area contributed by atoms with Gasteiger partial charge >= 0.3 is 0 Å². The van der Waals surface area contributed by atoms with Crippen LogP contribution >= 0.6 is 0 Å². The van der Waals surface area contributed by atoms with Crippen molar-refractivity contribution in [3.8, 4) is 11.5 Å². The minimum atomic E-state index is 0.801. The van der Waals surface area contributed by atoms with E-state index in [0.29, 0.717) is 0 Å². The van der Waals surface area contributed by atoms with Crippen LogP contribution in [0.2, 0.25) is 0 Å². The second kappa shape index (κ2) is 9.94. The van der Waals surface area contributed by atoms with Crippen molar-refractivity contribution >= 4 is 0 Å². The van der Waals surface area contributed by atoms with E-state index in [0.717, 1.165) is 56.8 Å². The largest absolute Gasteiger partial charge is 0.494 e. The van der Waals surface area contributed by atoms with Crippen LogP contribution in [0.1, 0.15) is 50.7 Å². The van der Waals surface area contributed by atoms with Crippen molar-refractivity contribution in [2.45, 2.75) is 46.0 Å². The van der Waals surface area contributed by atoms with Crippen molar-refractivity contribution in [1.82, 2.24) is 0 Å². The third-order valence-electron chi connectivity index (χ3n) is 3.79. The van der Waals surface area contributed by atoms with Gasteiger partial charge in [-0.3, -0.25) is 0 Å². The van der Waals surface area contributed by atoms with Gasteiger partial charge < -0.3 is 9.47 Å². The molecule has 0 aromatic heterocycles. The van der Waals surface area contributed by atoms with Crippen molar-refractivity contribution in [3.63, 3.8) is 0 Å². The van der Waals surface area contributed by atoms with Crippen molar-refractivity contribution in [3.05, 3.63) is 59.7 Å². The number of unbranched alkanes of at least 4 members (excludes halogenated alkanes) is 2. The summed E-state index contributed by atoms with van der Waals surface area (Å²) >= 11 is 0. The normalized spacial score (nSPS) is 10.5. The molecule has 23 heavy (non-hydrogen) atoms. The molecule has 2 rings (SSSR count). The number of rotatable bonds is 10. The van der Waals surface area contributed by atoms with Crippen molar-refractivity contribution in [2.75, 3.05) is 13.2 Å². The Morgan fingerprint density at radius 2 is 1.00 bits per heavy atom. The Hall–Kier alpha value is -1.96. The molecule has 2 aromatic rings. The molecule has 0 aliphatic carbocycles. The minimum absolute atomic E-state index is 0.801. The van der Waals surface area contributed by atoms with Crippen LogP contribution in [0.25, 0.3) is 0 Å². The zero-order valence-electron chi connectivity index (χ0n) is 14.4. The molecular formula is C21H28O2. The average molecular weight is 312 g/mol. The minimum Gasteiger partial charge on any atom is -0.494 e. The van der Waals surface area contributed by atoms with Crippen LogP contribution in [0.5, 0.6) is 11.5 Å². The maximum absolute atomic E-state index is 5.70. The van der Waals surface area contributed by atoms with E-state index in [1.54, 1.807) is 0 Å². The second-order valence-corrected chi connectivity index (χ2v) is 5.87. The molecule has 0 aliphatic heterocycles. The molecule has 0 unspecified atom stereocenters. The molecule has 0 N–H and O–H groups in total. The lowest BCUT2D eigenvalue weighted by atomic mass is 10.0. The SMILES string of the molecule is CCCCOc1ccc(Cc2ccc(OCCCC)cc2)cc1. The van der Waals surface area contributed by atoms with Gasteiger partial charge in [0.1, 0.15) is 11.5 Å². The molecule has 0 spiro atoms. The monoisotopic (exact) mass is 312 g/mol. The Kier molecular flexibility index (Phi) is 7.51. The third-order valence-corrected chi connectivity index (χ3v) is 3.79. The van der Waals surface area contributed by atoms with Gasteiger partial charge in [0.15, 0.2) is 0 Å². The van der Waals surface area contributed by atoms with Crippen LogP contribution in [0.4, 0.5) is 0 Å². The summed E-state index contributed by atoms with van der Waals surface area (Å²) in [5.41, 5.74) is 2.60. The van der Waals surface area contributed by atoms with Crippen LogP contribution in [0, 0.1) is 0 Å². The van der Waals surface area contributed by atoms with E-state index in [1.807, 2.05) is 0 Å². The van der Waals surface area contributed by atoms with E-state index < -0.39 is 0 Å². The summed E-state index contributed by atoms with van der Waals surface area (Å²) in [7, 11) is 0. The summed E-state index contributed by atoms with van der Waals surface area (Å²) in [6.07, 6.45) is 5.47. The summed E-state index contributed by atoms with van der Waals surface area (Å²) < 4.78 is 11.4. The zero-order valence-corrected chi connectivity index (χ0v) is 14.4. The highest BCUT2D eigenvalue weighted by Gasteiger charge is 2.00. The Balaban J connectivity index is 1.84. The van der Waals surface area contributed by atoms with Crippen molar-refractivity contribution in [2.24, 2.45) is 0 Å². The lowest BCUT2D eigenvalue weighted by molar-refractivity contribution is 0.309. The van der Waals surface area contributed by atoms with Crippen molar-refractivity contribution < 1.29 is 9.47 Å². The van der Waals surface area contributed by atoms with Gasteiger partial charge in [-0.2, -0.15) is 0 Å². The van der Waals surface area contributed by atoms with Crippen molar-refractivity contribution in [1.29, 1.82) is 0 Å². The van der Waals surface area contributed by atoms with E-state index in [-0.39, 0.29) is 0 Å². The highest BCUT2D eigenvalue weighted by atomic mass is 16.5. The molecule has 2 heteroatoms. The third kappa shape index (κ3) is 6.35. The molecule has 0 saturated heterocycles. The molecule has 0 saturated carbocycles. The van der Waals surface area contributed by atoms with Gasteiger partial charge in [-0.1, -0.05) is 51.0 Å². The predicted molar refractivity (Wildman–Crippen MR) is 96.5 cm³/mol. The van der Waals surface area contributed by atoms with Gasteiger partial charge in [0.05, 0.1) is 13.2 Å². The fourth-order valence-electron chi connectivity index (χ4n) is 2.31. The first kappa shape index (κ1) is 17.4. The topological polar surface area (TPSA) is 18.5 Å². The van der Waals surface area contributed by atoms with E-state index in [4.69, 9.17) is 9.47 Å². The summed E-state index contributed by atoms with van der Waals surface area (Å²) in [6, 6.07) is 16.8. The summed E-state index contributed by atoms with van der Waals surface area (Å²) in [5, 5.41) is 0. The van der Waals surface area contributed by atoms with Crippen LogP contribution in [0.3, 0.4) is 0 Å². The van der Waals surface area contributed by atoms with E-state index in [9.17, 15) is 0 Å². The molecule has 0 amide bonds. The number of hydrogen-bond acceptors (Lipinski definition) is 2. The molecule has 124 valence electrons. The van der Waals surface area contributed by atoms with Gasteiger partial charge in [-0.05, 0) is 54.7 Å². The van der Waals surface area contributed by atoms with E-state index in [1.165, 1.54) is 11.1 Å². The maximum atomic E-state index is 5.70. The lowest BCUT2D eigenvalue weighted by Gasteiger charge is -2.08. The highest BCUT2D eigenvalue weighted by molar-refractivity contribution is 5.34. The van der Waals surface area contributed by atoms with Gasteiger partial charge in [-0.15, -0.1) is 0 Å². The number of ether oxygens (including phenoxy) is 2. The Morgan fingerprint density at radius 3 is 1.35 bits per heavy atom. The van der Waals surface area contributed by atoms with Gasteiger partial charge in [-0.25, -0.2) is 0 Å². The molecule has 0 heterocycles. The Morgan fingerprint density at radius 1 is 0.609 bits per heavy atom. The molecule has 0 radical (unpaired) electrons. The molecule has 0 fully saturated rings. The summed E-state index contributed by atoms with van der Waals surface area (Å²) in [5.74, 6) is 1.92. The van der Waals surface area contributed by atoms with Gasteiger partial charge in [0.25, 0.3) is 0 Å².